The highest BCUT2D eigenvalue weighted by molar-refractivity contribution is 5.98. The van der Waals surface area contributed by atoms with Crippen LogP contribution in [0.3, 0.4) is 0 Å². The van der Waals surface area contributed by atoms with Gasteiger partial charge in [-0.2, -0.15) is 0 Å². The zero-order chi connectivity index (χ0) is 16.6. The second-order valence-electron chi connectivity index (χ2n) is 6.93. The Morgan fingerprint density at radius 1 is 1.13 bits per heavy atom. The summed E-state index contributed by atoms with van der Waals surface area (Å²) in [6.07, 6.45) is -0.0520. The molecular formula is C19H21NO3. The SMILES string of the molecule is CC(C)(C)c1ccc(CC2Oc3ccc(O)cc3NC2=O)cc1. The molecule has 0 aliphatic carbocycles. The van der Waals surface area contributed by atoms with E-state index in [0.717, 1.165) is 5.56 Å². The molecule has 1 aliphatic heterocycles. The number of benzene rings is 2. The largest absolute Gasteiger partial charge is 0.508 e. The van der Waals surface area contributed by atoms with Crippen molar-refractivity contribution in [2.24, 2.45) is 0 Å². The summed E-state index contributed by atoms with van der Waals surface area (Å²) in [7, 11) is 0. The van der Waals surface area contributed by atoms with Crippen LogP contribution in [-0.4, -0.2) is 17.1 Å². The van der Waals surface area contributed by atoms with E-state index in [2.05, 4.69) is 38.2 Å². The fourth-order valence-electron chi connectivity index (χ4n) is 2.63. The molecule has 2 aromatic carbocycles. The molecule has 1 heterocycles. The Balaban J connectivity index is 1.76. The predicted molar refractivity (Wildman–Crippen MR) is 90.0 cm³/mol. The van der Waals surface area contributed by atoms with Crippen molar-refractivity contribution in [2.45, 2.75) is 38.7 Å². The van der Waals surface area contributed by atoms with Crippen molar-refractivity contribution < 1.29 is 14.6 Å². The summed E-state index contributed by atoms with van der Waals surface area (Å²) < 4.78 is 5.78. The van der Waals surface area contributed by atoms with Gasteiger partial charge in [-0.3, -0.25) is 4.79 Å². The molecular weight excluding hydrogens is 290 g/mol. The number of carbonyl (C=O) groups is 1. The topological polar surface area (TPSA) is 58.6 Å². The highest BCUT2D eigenvalue weighted by atomic mass is 16.5. The third-order valence-corrected chi connectivity index (χ3v) is 4.02. The van der Waals surface area contributed by atoms with Crippen LogP contribution in [0.2, 0.25) is 0 Å². The van der Waals surface area contributed by atoms with E-state index in [-0.39, 0.29) is 17.1 Å². The average Bonchev–Trinajstić information content (AvgIpc) is 2.48. The minimum Gasteiger partial charge on any atom is -0.508 e. The molecule has 1 amide bonds. The molecule has 0 fully saturated rings. The molecule has 0 saturated heterocycles. The Hall–Kier alpha value is -2.49. The number of carbonyl (C=O) groups excluding carboxylic acids is 1. The summed E-state index contributed by atoms with van der Waals surface area (Å²) in [4.78, 5) is 12.2. The first-order valence-corrected chi connectivity index (χ1v) is 7.73. The number of aromatic hydroxyl groups is 1. The van der Waals surface area contributed by atoms with Gasteiger partial charge < -0.3 is 15.2 Å². The highest BCUT2D eigenvalue weighted by Crippen LogP contribution is 2.33. The van der Waals surface area contributed by atoms with E-state index in [4.69, 9.17) is 4.74 Å². The Kier molecular flexibility index (Phi) is 3.76. The number of phenolic OH excluding ortho intramolecular Hbond substituents is 1. The number of rotatable bonds is 2. The van der Waals surface area contributed by atoms with E-state index >= 15 is 0 Å². The lowest BCUT2D eigenvalue weighted by Crippen LogP contribution is -2.38. The van der Waals surface area contributed by atoms with Gasteiger partial charge in [0.05, 0.1) is 5.69 Å². The number of nitrogens with one attached hydrogen (secondary N) is 1. The van der Waals surface area contributed by atoms with Gasteiger partial charge in [0.25, 0.3) is 5.91 Å². The second kappa shape index (κ2) is 5.61. The predicted octanol–water partition coefficient (Wildman–Crippen LogP) is 3.63. The molecule has 0 aromatic heterocycles. The van der Waals surface area contributed by atoms with Crippen LogP contribution in [0, 0.1) is 0 Å². The van der Waals surface area contributed by atoms with Gasteiger partial charge in [0.2, 0.25) is 0 Å². The van der Waals surface area contributed by atoms with Crippen molar-refractivity contribution >= 4 is 11.6 Å². The first-order chi connectivity index (χ1) is 10.8. The third kappa shape index (κ3) is 3.31. The van der Waals surface area contributed by atoms with Gasteiger partial charge in [0.1, 0.15) is 11.5 Å². The van der Waals surface area contributed by atoms with Gasteiger partial charge in [-0.25, -0.2) is 0 Å². The highest BCUT2D eigenvalue weighted by Gasteiger charge is 2.28. The van der Waals surface area contributed by atoms with Crippen LogP contribution in [0.4, 0.5) is 5.69 Å². The maximum absolute atomic E-state index is 12.2. The second-order valence-corrected chi connectivity index (χ2v) is 6.93. The number of ether oxygens (including phenoxy) is 1. The molecule has 1 atom stereocenters. The molecule has 0 spiro atoms. The van der Waals surface area contributed by atoms with Crippen LogP contribution in [-0.2, 0) is 16.6 Å². The van der Waals surface area contributed by atoms with Crippen molar-refractivity contribution in [3.8, 4) is 11.5 Å². The van der Waals surface area contributed by atoms with Crippen LogP contribution >= 0.6 is 0 Å². The summed E-state index contributed by atoms with van der Waals surface area (Å²) >= 11 is 0. The number of anilines is 1. The molecule has 4 heteroatoms. The molecule has 2 aromatic rings. The van der Waals surface area contributed by atoms with E-state index in [1.54, 1.807) is 12.1 Å². The summed E-state index contributed by atoms with van der Waals surface area (Å²) in [5.74, 6) is 0.491. The smallest absolute Gasteiger partial charge is 0.265 e. The lowest BCUT2D eigenvalue weighted by molar-refractivity contribution is -0.123. The van der Waals surface area contributed by atoms with Crippen LogP contribution < -0.4 is 10.1 Å². The van der Waals surface area contributed by atoms with Crippen molar-refractivity contribution in [1.29, 1.82) is 0 Å². The molecule has 4 nitrogen and oxygen atoms in total. The molecule has 1 aliphatic rings. The maximum Gasteiger partial charge on any atom is 0.265 e. The zero-order valence-electron chi connectivity index (χ0n) is 13.6. The summed E-state index contributed by atoms with van der Waals surface area (Å²) in [6, 6.07) is 13.0. The van der Waals surface area contributed by atoms with Crippen LogP contribution in [0.1, 0.15) is 31.9 Å². The van der Waals surface area contributed by atoms with Gasteiger partial charge in [0, 0.05) is 12.5 Å². The maximum atomic E-state index is 12.2. The molecule has 23 heavy (non-hydrogen) atoms. The van der Waals surface area contributed by atoms with Crippen molar-refractivity contribution in [3.05, 3.63) is 53.6 Å². The van der Waals surface area contributed by atoms with Crippen LogP contribution in [0.15, 0.2) is 42.5 Å². The van der Waals surface area contributed by atoms with E-state index in [0.29, 0.717) is 17.9 Å². The number of hydrogen-bond donors (Lipinski definition) is 2. The Labute approximate surface area is 136 Å². The summed E-state index contributed by atoms with van der Waals surface area (Å²) in [6.45, 7) is 6.52. The third-order valence-electron chi connectivity index (χ3n) is 4.02. The van der Waals surface area contributed by atoms with Crippen LogP contribution in [0.25, 0.3) is 0 Å². The number of phenols is 1. The molecule has 2 N–H and O–H groups in total. The molecule has 1 unspecified atom stereocenters. The Morgan fingerprint density at radius 2 is 1.83 bits per heavy atom. The van der Waals surface area contributed by atoms with Crippen molar-refractivity contribution in [3.63, 3.8) is 0 Å². The van der Waals surface area contributed by atoms with E-state index < -0.39 is 6.10 Å². The number of amides is 1. The quantitative estimate of drug-likeness (QED) is 0.890. The van der Waals surface area contributed by atoms with Gasteiger partial charge >= 0.3 is 0 Å². The molecule has 0 radical (unpaired) electrons. The van der Waals surface area contributed by atoms with E-state index in [9.17, 15) is 9.90 Å². The van der Waals surface area contributed by atoms with Gasteiger partial charge in [-0.05, 0) is 28.7 Å². The Bertz CT molecular complexity index is 729. The van der Waals surface area contributed by atoms with E-state index in [1.165, 1.54) is 11.6 Å². The fourth-order valence-corrected chi connectivity index (χ4v) is 2.63. The number of fused-ring (bicyclic) bond motifs is 1. The fraction of sp³-hybridized carbons (Fsp3) is 0.316. The molecule has 0 saturated carbocycles. The lowest BCUT2D eigenvalue weighted by atomic mass is 9.86. The monoisotopic (exact) mass is 311 g/mol. The van der Waals surface area contributed by atoms with Gasteiger partial charge in [-0.1, -0.05) is 45.0 Å². The molecule has 120 valence electrons. The first-order valence-electron chi connectivity index (χ1n) is 7.73. The minimum atomic E-state index is -0.562. The van der Waals surface area contributed by atoms with Gasteiger partial charge in [-0.15, -0.1) is 0 Å². The van der Waals surface area contributed by atoms with E-state index in [1.807, 2.05) is 12.1 Å². The normalized spacial score (nSPS) is 17.2. The van der Waals surface area contributed by atoms with Crippen molar-refractivity contribution in [1.82, 2.24) is 0 Å². The summed E-state index contributed by atoms with van der Waals surface area (Å²) in [5, 5.41) is 12.2. The Morgan fingerprint density at radius 3 is 2.48 bits per heavy atom. The molecule has 3 rings (SSSR count). The standard InChI is InChI=1S/C19H21NO3/c1-19(2,3)13-6-4-12(5-7-13)10-17-18(22)20-15-11-14(21)8-9-16(15)23-17/h4-9,11,17,21H,10H2,1-3H3,(H,20,22). The first kappa shape index (κ1) is 15.4. The van der Waals surface area contributed by atoms with Gasteiger partial charge in [0.15, 0.2) is 6.10 Å². The van der Waals surface area contributed by atoms with Crippen molar-refractivity contribution in [2.75, 3.05) is 5.32 Å². The summed E-state index contributed by atoms with van der Waals surface area (Å²) in [5.41, 5.74) is 2.93. The minimum absolute atomic E-state index is 0.101. The number of hydrogen-bond acceptors (Lipinski definition) is 3. The average molecular weight is 311 g/mol. The zero-order valence-corrected chi connectivity index (χ0v) is 13.6. The lowest BCUT2D eigenvalue weighted by Gasteiger charge is -2.26. The molecule has 0 bridgehead atoms. The van der Waals surface area contributed by atoms with Crippen LogP contribution in [0.5, 0.6) is 11.5 Å².